The molecule has 0 radical (unpaired) electrons. The maximum absolute atomic E-state index is 11.3. The van der Waals surface area contributed by atoms with Crippen LogP contribution in [0.5, 0.6) is 0 Å². The van der Waals surface area contributed by atoms with Crippen molar-refractivity contribution in [3.63, 3.8) is 0 Å². The number of hydrogen-bond acceptors (Lipinski definition) is 4. The SMILES string of the molecule is CCCCCCCCCC(CCCCCCCO)S(=O)(=O)[O-].[K+]. The molecule has 134 valence electrons. The molecule has 0 saturated carbocycles. The Balaban J connectivity index is 0. The molecule has 6 heteroatoms. The summed E-state index contributed by atoms with van der Waals surface area (Å²) in [5.41, 5.74) is 0. The molecule has 0 saturated heterocycles. The Labute approximate surface area is 186 Å². The van der Waals surface area contributed by atoms with E-state index in [1.807, 2.05) is 0 Å². The third kappa shape index (κ3) is 18.1. The van der Waals surface area contributed by atoms with E-state index in [2.05, 4.69) is 6.92 Å². The fourth-order valence-corrected chi connectivity index (χ4v) is 3.69. The maximum atomic E-state index is 11.3. The molecule has 0 fully saturated rings. The monoisotopic (exact) mass is 374 g/mol. The van der Waals surface area contributed by atoms with E-state index in [0.717, 1.165) is 51.4 Å². The van der Waals surface area contributed by atoms with Gasteiger partial charge in [0.1, 0.15) is 0 Å². The van der Waals surface area contributed by atoms with Crippen molar-refractivity contribution in [2.75, 3.05) is 6.61 Å². The van der Waals surface area contributed by atoms with Crippen LogP contribution in [0.4, 0.5) is 0 Å². The molecule has 0 aromatic carbocycles. The average Bonchev–Trinajstić information content (AvgIpc) is 2.46. The van der Waals surface area contributed by atoms with E-state index in [1.54, 1.807) is 0 Å². The Morgan fingerprint density at radius 2 is 1.17 bits per heavy atom. The Morgan fingerprint density at radius 1 is 0.783 bits per heavy atom. The second-order valence-corrected chi connectivity index (χ2v) is 7.96. The molecule has 0 aromatic rings. The van der Waals surface area contributed by atoms with Crippen molar-refractivity contribution in [3.8, 4) is 0 Å². The van der Waals surface area contributed by atoms with Gasteiger partial charge in [-0.1, -0.05) is 77.6 Å². The zero-order valence-corrected chi connectivity index (χ0v) is 19.2. The molecule has 1 unspecified atom stereocenters. The van der Waals surface area contributed by atoms with Gasteiger partial charge in [-0.25, -0.2) is 8.42 Å². The van der Waals surface area contributed by atoms with E-state index in [0.29, 0.717) is 12.8 Å². The van der Waals surface area contributed by atoms with Crippen LogP contribution in [0.1, 0.15) is 96.8 Å². The Bertz CT molecular complexity index is 333. The summed E-state index contributed by atoms with van der Waals surface area (Å²) >= 11 is 0. The number of unbranched alkanes of at least 4 members (excludes halogenated alkanes) is 10. The quantitative estimate of drug-likeness (QED) is 0.251. The molecule has 0 spiro atoms. The molecule has 0 bridgehead atoms. The average molecular weight is 375 g/mol. The molecular formula is C17H35KO4S. The minimum atomic E-state index is -4.15. The van der Waals surface area contributed by atoms with Crippen molar-refractivity contribution in [1.82, 2.24) is 0 Å². The Morgan fingerprint density at radius 3 is 1.57 bits per heavy atom. The molecule has 1 atom stereocenters. The van der Waals surface area contributed by atoms with Gasteiger partial charge in [0.25, 0.3) is 0 Å². The van der Waals surface area contributed by atoms with E-state index in [-0.39, 0.29) is 58.0 Å². The van der Waals surface area contributed by atoms with E-state index >= 15 is 0 Å². The van der Waals surface area contributed by atoms with E-state index in [9.17, 15) is 13.0 Å². The van der Waals surface area contributed by atoms with E-state index < -0.39 is 15.4 Å². The molecule has 0 heterocycles. The van der Waals surface area contributed by atoms with Gasteiger partial charge in [0.05, 0.1) is 10.1 Å². The molecule has 0 amide bonds. The third-order valence-corrected chi connectivity index (χ3v) is 5.51. The number of rotatable bonds is 16. The normalized spacial score (nSPS) is 12.8. The zero-order chi connectivity index (χ0) is 16.7. The van der Waals surface area contributed by atoms with Gasteiger partial charge in [-0.3, -0.25) is 0 Å². The van der Waals surface area contributed by atoms with Crippen LogP contribution >= 0.6 is 0 Å². The minimum absolute atomic E-state index is 0. The predicted molar refractivity (Wildman–Crippen MR) is 90.9 cm³/mol. The van der Waals surface area contributed by atoms with Crippen molar-refractivity contribution in [3.05, 3.63) is 0 Å². The van der Waals surface area contributed by atoms with Crippen LogP contribution < -0.4 is 51.4 Å². The first-order valence-electron chi connectivity index (χ1n) is 9.08. The second-order valence-electron chi connectivity index (χ2n) is 6.30. The molecule has 0 aliphatic heterocycles. The molecule has 23 heavy (non-hydrogen) atoms. The maximum Gasteiger partial charge on any atom is 1.00 e. The second kappa shape index (κ2) is 18.3. The topological polar surface area (TPSA) is 77.4 Å². The summed E-state index contributed by atoms with van der Waals surface area (Å²) in [6.45, 7) is 2.41. The van der Waals surface area contributed by atoms with Gasteiger partial charge in [0, 0.05) is 11.9 Å². The van der Waals surface area contributed by atoms with Crippen LogP contribution in [0.15, 0.2) is 0 Å². The first-order valence-corrected chi connectivity index (χ1v) is 10.5. The van der Waals surface area contributed by atoms with Crippen LogP contribution in [0.2, 0.25) is 0 Å². The van der Waals surface area contributed by atoms with Gasteiger partial charge >= 0.3 is 51.4 Å². The van der Waals surface area contributed by atoms with Crippen molar-refractivity contribution < 1.29 is 69.5 Å². The molecule has 0 aliphatic rings. The third-order valence-electron chi connectivity index (χ3n) is 4.22. The number of aliphatic hydroxyl groups is 1. The summed E-state index contributed by atoms with van der Waals surface area (Å²) in [7, 11) is -4.15. The first-order chi connectivity index (χ1) is 10.5. The minimum Gasteiger partial charge on any atom is -0.748 e. The van der Waals surface area contributed by atoms with Crippen molar-refractivity contribution in [1.29, 1.82) is 0 Å². The molecule has 0 rings (SSSR count). The summed E-state index contributed by atoms with van der Waals surface area (Å²) in [6, 6.07) is 0. The van der Waals surface area contributed by atoms with Crippen LogP contribution in [-0.4, -0.2) is 29.9 Å². The summed E-state index contributed by atoms with van der Waals surface area (Å²) in [5.74, 6) is 0. The van der Waals surface area contributed by atoms with Crippen LogP contribution in [0.3, 0.4) is 0 Å². The first kappa shape index (κ1) is 26.7. The summed E-state index contributed by atoms with van der Waals surface area (Å²) < 4.78 is 33.9. The predicted octanol–water partition coefficient (Wildman–Crippen LogP) is 1.38. The van der Waals surface area contributed by atoms with Gasteiger partial charge in [-0.05, 0) is 19.3 Å². The number of aliphatic hydroxyl groups excluding tert-OH is 1. The van der Waals surface area contributed by atoms with Crippen molar-refractivity contribution in [2.45, 2.75) is 102 Å². The van der Waals surface area contributed by atoms with Crippen LogP contribution in [0.25, 0.3) is 0 Å². The van der Waals surface area contributed by atoms with Gasteiger partial charge < -0.3 is 9.66 Å². The van der Waals surface area contributed by atoms with Crippen LogP contribution in [-0.2, 0) is 10.1 Å². The Kier molecular flexibility index (Phi) is 21.3. The van der Waals surface area contributed by atoms with E-state index in [4.69, 9.17) is 5.11 Å². The fourth-order valence-electron chi connectivity index (χ4n) is 2.78. The summed E-state index contributed by atoms with van der Waals surface area (Å²) in [6.07, 6.45) is 13.6. The zero-order valence-electron chi connectivity index (χ0n) is 15.3. The molecule has 4 nitrogen and oxygen atoms in total. The van der Waals surface area contributed by atoms with Gasteiger partial charge in [0.2, 0.25) is 0 Å². The number of hydrogen-bond donors (Lipinski definition) is 1. The van der Waals surface area contributed by atoms with Gasteiger partial charge in [-0.15, -0.1) is 0 Å². The standard InChI is InChI=1S/C17H36O4S.K/c1-2-3-4-5-6-8-11-14-17(22(19,20)21)15-12-9-7-10-13-16-18;/h17-18H,2-16H2,1H3,(H,19,20,21);/q;+1/p-1. The smallest absolute Gasteiger partial charge is 0.748 e. The largest absolute Gasteiger partial charge is 1.00 e. The van der Waals surface area contributed by atoms with Gasteiger partial charge in [0.15, 0.2) is 0 Å². The van der Waals surface area contributed by atoms with Gasteiger partial charge in [-0.2, -0.15) is 0 Å². The van der Waals surface area contributed by atoms with E-state index in [1.165, 1.54) is 25.7 Å². The molecule has 0 aromatic heterocycles. The molecule has 1 N–H and O–H groups in total. The molecule has 0 aliphatic carbocycles. The van der Waals surface area contributed by atoms with Crippen LogP contribution in [0, 0.1) is 0 Å². The fraction of sp³-hybridized carbons (Fsp3) is 1.00. The summed E-state index contributed by atoms with van der Waals surface area (Å²) in [4.78, 5) is 0. The Hall–Kier alpha value is 1.51. The van der Waals surface area contributed by atoms with Crippen molar-refractivity contribution >= 4 is 10.1 Å². The molecular weight excluding hydrogens is 339 g/mol. The summed E-state index contributed by atoms with van der Waals surface area (Å²) in [5, 5.41) is 7.99. The van der Waals surface area contributed by atoms with Crippen molar-refractivity contribution in [2.24, 2.45) is 0 Å².